The molecular weight excluding hydrogens is 327 g/mol. The average Bonchev–Trinajstić information content (AvgIpc) is 2.53. The van der Waals surface area contributed by atoms with Crippen LogP contribution < -0.4 is 0 Å². The van der Waals surface area contributed by atoms with Crippen LogP contribution in [0, 0.1) is 0 Å². The summed E-state index contributed by atoms with van der Waals surface area (Å²) in [6, 6.07) is 11.2. The lowest BCUT2D eigenvalue weighted by molar-refractivity contribution is -0.137. The highest BCUT2D eigenvalue weighted by atomic mass is 32.2. The number of benzene rings is 2. The van der Waals surface area contributed by atoms with Crippen molar-refractivity contribution in [3.8, 4) is 0 Å². The molecule has 0 unspecified atom stereocenters. The van der Waals surface area contributed by atoms with Gasteiger partial charge in [0.05, 0.1) is 10.5 Å². The largest absolute Gasteiger partial charge is 0.416 e. The molecule has 0 bridgehead atoms. The number of fused-ring (bicyclic) bond motifs is 1. The van der Waals surface area contributed by atoms with Crippen LogP contribution in [0.3, 0.4) is 0 Å². The number of sulfonamides is 1. The van der Waals surface area contributed by atoms with E-state index in [4.69, 9.17) is 0 Å². The van der Waals surface area contributed by atoms with Crippen LogP contribution in [0.4, 0.5) is 13.2 Å². The minimum atomic E-state index is -4.48. The van der Waals surface area contributed by atoms with E-state index in [1.54, 1.807) is 0 Å². The second kappa shape index (κ2) is 5.65. The number of alkyl halides is 3. The molecule has 1 heterocycles. The first-order valence-corrected chi connectivity index (χ1v) is 8.47. The maximum Gasteiger partial charge on any atom is 0.416 e. The Bertz CT molecular complexity index is 814. The Morgan fingerprint density at radius 2 is 1.52 bits per heavy atom. The van der Waals surface area contributed by atoms with Gasteiger partial charge in [0.15, 0.2) is 0 Å². The molecule has 0 saturated heterocycles. The predicted molar refractivity (Wildman–Crippen MR) is 79.2 cm³/mol. The molecule has 0 saturated carbocycles. The Morgan fingerprint density at radius 1 is 0.913 bits per heavy atom. The van der Waals surface area contributed by atoms with E-state index in [2.05, 4.69) is 0 Å². The van der Waals surface area contributed by atoms with Gasteiger partial charge >= 0.3 is 6.18 Å². The molecule has 7 heteroatoms. The molecule has 3 rings (SSSR count). The first-order valence-electron chi connectivity index (χ1n) is 7.03. The summed E-state index contributed by atoms with van der Waals surface area (Å²) in [6.07, 6.45) is -3.89. The quantitative estimate of drug-likeness (QED) is 0.839. The molecule has 0 aromatic heterocycles. The summed E-state index contributed by atoms with van der Waals surface area (Å²) in [4.78, 5) is -0.120. The molecule has 1 aliphatic rings. The van der Waals surface area contributed by atoms with Crippen LogP contribution in [0.1, 0.15) is 16.7 Å². The fourth-order valence-corrected chi connectivity index (χ4v) is 4.06. The summed E-state index contributed by atoms with van der Waals surface area (Å²) >= 11 is 0. The first-order chi connectivity index (χ1) is 10.8. The lowest BCUT2D eigenvalue weighted by Crippen LogP contribution is -2.35. The van der Waals surface area contributed by atoms with Gasteiger partial charge in [0.2, 0.25) is 10.0 Å². The minimum absolute atomic E-state index is 0.120. The second-order valence-corrected chi connectivity index (χ2v) is 7.32. The highest BCUT2D eigenvalue weighted by molar-refractivity contribution is 7.89. The van der Waals surface area contributed by atoms with Crippen LogP contribution in [0.2, 0.25) is 0 Å². The van der Waals surface area contributed by atoms with Gasteiger partial charge in [-0.3, -0.25) is 0 Å². The summed E-state index contributed by atoms with van der Waals surface area (Å²) in [7, 11) is -3.80. The molecule has 122 valence electrons. The summed E-state index contributed by atoms with van der Waals surface area (Å²) in [5.74, 6) is 0. The molecule has 0 radical (unpaired) electrons. The number of halogens is 3. The van der Waals surface area contributed by atoms with E-state index < -0.39 is 21.8 Å². The summed E-state index contributed by atoms with van der Waals surface area (Å²) in [6.45, 7) is 0.555. The Balaban J connectivity index is 1.88. The van der Waals surface area contributed by atoms with E-state index in [9.17, 15) is 21.6 Å². The Hall–Kier alpha value is -1.86. The van der Waals surface area contributed by atoms with Crippen molar-refractivity contribution in [2.24, 2.45) is 0 Å². The first kappa shape index (κ1) is 16.0. The maximum atomic E-state index is 12.6. The molecule has 2 aromatic rings. The molecular formula is C16H14F3NO2S. The van der Waals surface area contributed by atoms with Crippen LogP contribution in [0.5, 0.6) is 0 Å². The highest BCUT2D eigenvalue weighted by Crippen LogP contribution is 2.31. The van der Waals surface area contributed by atoms with Crippen molar-refractivity contribution in [2.45, 2.75) is 24.0 Å². The second-order valence-electron chi connectivity index (χ2n) is 5.38. The Labute approximate surface area is 132 Å². The van der Waals surface area contributed by atoms with Gasteiger partial charge in [0.1, 0.15) is 0 Å². The van der Waals surface area contributed by atoms with Gasteiger partial charge < -0.3 is 0 Å². The maximum absolute atomic E-state index is 12.6. The van der Waals surface area contributed by atoms with E-state index in [0.29, 0.717) is 13.0 Å². The lowest BCUT2D eigenvalue weighted by atomic mass is 10.0. The molecule has 0 atom stereocenters. The van der Waals surface area contributed by atoms with Gasteiger partial charge in [-0.15, -0.1) is 0 Å². The van der Waals surface area contributed by atoms with Crippen molar-refractivity contribution in [1.29, 1.82) is 0 Å². The smallest absolute Gasteiger partial charge is 0.207 e. The van der Waals surface area contributed by atoms with Crippen LogP contribution in [-0.4, -0.2) is 19.3 Å². The molecule has 23 heavy (non-hydrogen) atoms. The summed E-state index contributed by atoms with van der Waals surface area (Å²) < 4.78 is 64.2. The molecule has 2 aromatic carbocycles. The number of rotatable bonds is 2. The van der Waals surface area contributed by atoms with Gasteiger partial charge in [-0.1, -0.05) is 24.3 Å². The van der Waals surface area contributed by atoms with Crippen molar-refractivity contribution in [3.05, 3.63) is 65.2 Å². The van der Waals surface area contributed by atoms with Crippen molar-refractivity contribution in [2.75, 3.05) is 6.54 Å². The third-order valence-electron chi connectivity index (χ3n) is 3.92. The van der Waals surface area contributed by atoms with Gasteiger partial charge in [-0.25, -0.2) is 8.42 Å². The van der Waals surface area contributed by atoms with Crippen molar-refractivity contribution < 1.29 is 21.6 Å². The fourth-order valence-electron chi connectivity index (χ4n) is 2.64. The van der Waals surface area contributed by atoms with Crippen LogP contribution >= 0.6 is 0 Å². The van der Waals surface area contributed by atoms with Crippen molar-refractivity contribution in [3.63, 3.8) is 0 Å². The highest BCUT2D eigenvalue weighted by Gasteiger charge is 2.32. The third-order valence-corrected chi connectivity index (χ3v) is 5.77. The SMILES string of the molecule is O=S(=O)(c1ccc(C(F)(F)F)cc1)N1CCc2ccccc2C1. The molecule has 1 aliphatic heterocycles. The molecule has 0 fully saturated rings. The zero-order chi connectivity index (χ0) is 16.7. The Kier molecular flexibility index (Phi) is 3.93. The van der Waals surface area contributed by atoms with Crippen LogP contribution in [0.15, 0.2) is 53.4 Å². The van der Waals surface area contributed by atoms with E-state index in [1.165, 1.54) is 4.31 Å². The van der Waals surface area contributed by atoms with Gasteiger partial charge in [-0.2, -0.15) is 17.5 Å². The van der Waals surface area contributed by atoms with E-state index >= 15 is 0 Å². The number of nitrogens with zero attached hydrogens (tertiary/aromatic N) is 1. The number of hydrogen-bond acceptors (Lipinski definition) is 2. The average molecular weight is 341 g/mol. The standard InChI is InChI=1S/C16H14F3NO2S/c17-16(18,19)14-5-7-15(8-6-14)23(21,22)20-10-9-12-3-1-2-4-13(12)11-20/h1-8H,9-11H2. The number of hydrogen-bond donors (Lipinski definition) is 0. The van der Waals surface area contributed by atoms with E-state index in [0.717, 1.165) is 35.4 Å². The summed E-state index contributed by atoms with van der Waals surface area (Å²) in [5.41, 5.74) is 1.17. The minimum Gasteiger partial charge on any atom is -0.207 e. The van der Waals surface area contributed by atoms with Gasteiger partial charge in [0, 0.05) is 13.1 Å². The zero-order valence-electron chi connectivity index (χ0n) is 12.0. The molecule has 0 amide bonds. The van der Waals surface area contributed by atoms with Gasteiger partial charge in [0.25, 0.3) is 0 Å². The van der Waals surface area contributed by atoms with Gasteiger partial charge in [-0.05, 0) is 41.8 Å². The topological polar surface area (TPSA) is 37.4 Å². The summed E-state index contributed by atoms with van der Waals surface area (Å²) in [5, 5.41) is 0. The monoisotopic (exact) mass is 341 g/mol. The van der Waals surface area contributed by atoms with E-state index in [1.807, 2.05) is 24.3 Å². The molecule has 0 spiro atoms. The Morgan fingerprint density at radius 3 is 2.13 bits per heavy atom. The predicted octanol–water partition coefficient (Wildman–Crippen LogP) is 3.45. The van der Waals surface area contributed by atoms with Crippen LogP contribution in [0.25, 0.3) is 0 Å². The van der Waals surface area contributed by atoms with Crippen molar-refractivity contribution >= 4 is 10.0 Å². The normalized spacial score (nSPS) is 16.1. The van der Waals surface area contributed by atoms with Crippen LogP contribution in [-0.2, 0) is 29.2 Å². The van der Waals surface area contributed by atoms with Crippen molar-refractivity contribution in [1.82, 2.24) is 4.31 Å². The van der Waals surface area contributed by atoms with E-state index in [-0.39, 0.29) is 11.4 Å². The lowest BCUT2D eigenvalue weighted by Gasteiger charge is -2.28. The third kappa shape index (κ3) is 3.11. The molecule has 3 nitrogen and oxygen atoms in total. The molecule has 0 aliphatic carbocycles. The molecule has 0 N–H and O–H groups in total. The fraction of sp³-hybridized carbons (Fsp3) is 0.250. The zero-order valence-corrected chi connectivity index (χ0v) is 12.9.